The smallest absolute Gasteiger partial charge is 0.305 e. The van der Waals surface area contributed by atoms with Gasteiger partial charge in [-0.1, -0.05) is 15.9 Å². The van der Waals surface area contributed by atoms with E-state index in [4.69, 9.17) is 0 Å². The van der Waals surface area contributed by atoms with Crippen molar-refractivity contribution in [2.75, 3.05) is 7.11 Å². The monoisotopic (exact) mass is 446 g/mol. The lowest BCUT2D eigenvalue weighted by atomic mass is 10.1. The first-order valence-electron chi connectivity index (χ1n) is 4.25. The Balaban J connectivity index is 2.84. The zero-order chi connectivity index (χ0) is 11.4. The molecular formula is C10H9Br2IO2. The summed E-state index contributed by atoms with van der Waals surface area (Å²) >= 11 is 9.23. The van der Waals surface area contributed by atoms with E-state index in [1.165, 1.54) is 7.11 Å². The van der Waals surface area contributed by atoms with Crippen LogP contribution in [-0.2, 0) is 16.0 Å². The lowest BCUT2D eigenvalue weighted by molar-refractivity contribution is -0.140. The van der Waals surface area contributed by atoms with Gasteiger partial charge in [0.2, 0.25) is 0 Å². The van der Waals surface area contributed by atoms with Crippen molar-refractivity contribution < 1.29 is 9.53 Å². The molecule has 1 aromatic carbocycles. The second kappa shape index (κ2) is 6.20. The fourth-order valence-corrected chi connectivity index (χ4v) is 2.97. The molecule has 0 aliphatic rings. The van der Waals surface area contributed by atoms with Gasteiger partial charge < -0.3 is 4.74 Å². The topological polar surface area (TPSA) is 26.3 Å². The van der Waals surface area contributed by atoms with Gasteiger partial charge in [-0.2, -0.15) is 0 Å². The maximum Gasteiger partial charge on any atom is 0.305 e. The first-order chi connectivity index (χ1) is 7.06. The first kappa shape index (κ1) is 13.4. The van der Waals surface area contributed by atoms with Gasteiger partial charge >= 0.3 is 5.97 Å². The van der Waals surface area contributed by atoms with E-state index in [-0.39, 0.29) is 5.97 Å². The Morgan fingerprint density at radius 1 is 1.47 bits per heavy atom. The third kappa shape index (κ3) is 3.71. The van der Waals surface area contributed by atoms with Crippen molar-refractivity contribution in [3.8, 4) is 0 Å². The van der Waals surface area contributed by atoms with Crippen LogP contribution in [0.4, 0.5) is 0 Å². The van der Waals surface area contributed by atoms with Crippen LogP contribution < -0.4 is 0 Å². The maximum absolute atomic E-state index is 11.0. The van der Waals surface area contributed by atoms with Crippen molar-refractivity contribution in [3.05, 3.63) is 30.2 Å². The highest BCUT2D eigenvalue weighted by molar-refractivity contribution is 14.1. The van der Waals surface area contributed by atoms with E-state index in [0.717, 1.165) is 18.1 Å². The molecule has 0 bridgehead atoms. The second-order valence-corrected chi connectivity index (χ2v) is 5.71. The molecule has 0 amide bonds. The second-order valence-electron chi connectivity index (χ2n) is 2.90. The minimum absolute atomic E-state index is 0.187. The van der Waals surface area contributed by atoms with E-state index >= 15 is 0 Å². The Labute approximate surface area is 119 Å². The molecule has 15 heavy (non-hydrogen) atoms. The molecule has 1 rings (SSSR count). The summed E-state index contributed by atoms with van der Waals surface area (Å²) in [4.78, 5) is 11.0. The number of rotatable bonds is 3. The zero-order valence-corrected chi connectivity index (χ0v) is 13.3. The molecule has 0 radical (unpaired) electrons. The Hall–Kier alpha value is 0.380. The van der Waals surface area contributed by atoms with Gasteiger partial charge in [0.15, 0.2) is 0 Å². The average Bonchev–Trinajstić information content (AvgIpc) is 2.23. The molecule has 0 N–H and O–H groups in total. The summed E-state index contributed by atoms with van der Waals surface area (Å²) in [5.41, 5.74) is 1.10. The molecule has 5 heteroatoms. The summed E-state index contributed by atoms with van der Waals surface area (Å²) in [7, 11) is 1.40. The quantitative estimate of drug-likeness (QED) is 0.399. The molecule has 0 aromatic heterocycles. The van der Waals surface area contributed by atoms with Crippen molar-refractivity contribution in [3.63, 3.8) is 0 Å². The summed E-state index contributed by atoms with van der Waals surface area (Å²) in [6.07, 6.45) is 1.07. The molecule has 0 saturated heterocycles. The third-order valence-corrected chi connectivity index (χ3v) is 5.23. The van der Waals surface area contributed by atoms with Crippen LogP contribution in [0.5, 0.6) is 0 Å². The van der Waals surface area contributed by atoms with Gasteiger partial charge in [0.1, 0.15) is 0 Å². The highest BCUT2D eigenvalue weighted by atomic mass is 127. The highest BCUT2D eigenvalue weighted by Gasteiger charge is 2.10. The minimum atomic E-state index is -0.187. The average molecular weight is 448 g/mol. The third-order valence-electron chi connectivity index (χ3n) is 1.95. The predicted octanol–water partition coefficient (Wildman–Crippen LogP) is 3.92. The van der Waals surface area contributed by atoms with Crippen LogP contribution in [0.15, 0.2) is 21.1 Å². The number of benzene rings is 1. The number of carbonyl (C=O) groups is 1. The highest BCUT2D eigenvalue weighted by Crippen LogP contribution is 2.30. The first-order valence-corrected chi connectivity index (χ1v) is 6.92. The Morgan fingerprint density at radius 2 is 2.13 bits per heavy atom. The molecule has 0 aliphatic carbocycles. The number of esters is 1. The van der Waals surface area contributed by atoms with Crippen LogP contribution >= 0.6 is 54.5 Å². The van der Waals surface area contributed by atoms with Crippen LogP contribution in [0.25, 0.3) is 0 Å². The maximum atomic E-state index is 11.0. The van der Waals surface area contributed by atoms with Crippen LogP contribution in [0.1, 0.15) is 12.0 Å². The Kier molecular flexibility index (Phi) is 5.56. The van der Waals surface area contributed by atoms with E-state index < -0.39 is 0 Å². The standard InChI is InChI=1S/C10H9Br2IO2/c1-15-9(14)5-2-6-7(11)3-4-8(13)10(6)12/h3-4H,2,5H2,1H3. The summed E-state index contributed by atoms with van der Waals surface area (Å²) in [5.74, 6) is -0.187. The molecular weight excluding hydrogens is 439 g/mol. The van der Waals surface area contributed by atoms with Gasteiger partial charge in [0.25, 0.3) is 0 Å². The van der Waals surface area contributed by atoms with Crippen molar-refractivity contribution >= 4 is 60.4 Å². The Bertz CT molecular complexity index is 380. The predicted molar refractivity (Wildman–Crippen MR) is 74.9 cm³/mol. The minimum Gasteiger partial charge on any atom is -0.469 e. The molecule has 0 atom stereocenters. The number of ether oxygens (including phenoxy) is 1. The molecule has 82 valence electrons. The van der Waals surface area contributed by atoms with E-state index in [1.54, 1.807) is 0 Å². The van der Waals surface area contributed by atoms with Gasteiger partial charge in [-0.05, 0) is 62.6 Å². The summed E-state index contributed by atoms with van der Waals surface area (Å²) in [5, 5.41) is 0. The summed E-state index contributed by atoms with van der Waals surface area (Å²) in [6.45, 7) is 0. The van der Waals surface area contributed by atoms with Crippen molar-refractivity contribution in [2.24, 2.45) is 0 Å². The van der Waals surface area contributed by atoms with Gasteiger partial charge in [0, 0.05) is 18.9 Å². The normalized spacial score (nSPS) is 10.1. The van der Waals surface area contributed by atoms with Crippen LogP contribution in [0.3, 0.4) is 0 Å². The molecule has 0 saturated carbocycles. The molecule has 0 aliphatic heterocycles. The van der Waals surface area contributed by atoms with E-state index in [9.17, 15) is 4.79 Å². The van der Waals surface area contributed by atoms with Gasteiger partial charge in [-0.15, -0.1) is 0 Å². The fraction of sp³-hybridized carbons (Fsp3) is 0.300. The van der Waals surface area contributed by atoms with Crippen molar-refractivity contribution in [1.29, 1.82) is 0 Å². The number of halogens is 3. The van der Waals surface area contributed by atoms with Gasteiger partial charge in [0.05, 0.1) is 7.11 Å². The van der Waals surface area contributed by atoms with Crippen LogP contribution in [0, 0.1) is 3.57 Å². The van der Waals surface area contributed by atoms with Crippen LogP contribution in [-0.4, -0.2) is 13.1 Å². The van der Waals surface area contributed by atoms with Gasteiger partial charge in [-0.25, -0.2) is 0 Å². The molecule has 0 heterocycles. The van der Waals surface area contributed by atoms with E-state index in [0.29, 0.717) is 12.8 Å². The van der Waals surface area contributed by atoms with E-state index in [1.807, 2.05) is 12.1 Å². The zero-order valence-electron chi connectivity index (χ0n) is 8.02. The number of carbonyl (C=O) groups excluding carboxylic acids is 1. The number of methoxy groups -OCH3 is 1. The fourth-order valence-electron chi connectivity index (χ4n) is 1.13. The molecule has 1 aromatic rings. The molecule has 0 unspecified atom stereocenters. The van der Waals surface area contributed by atoms with Crippen LogP contribution in [0.2, 0.25) is 0 Å². The van der Waals surface area contributed by atoms with Crippen molar-refractivity contribution in [1.82, 2.24) is 0 Å². The molecule has 2 nitrogen and oxygen atoms in total. The molecule has 0 spiro atoms. The SMILES string of the molecule is COC(=O)CCc1c(Br)ccc(I)c1Br. The number of hydrogen-bond donors (Lipinski definition) is 0. The summed E-state index contributed by atoms with van der Waals surface area (Å²) in [6, 6.07) is 4.00. The largest absolute Gasteiger partial charge is 0.469 e. The summed E-state index contributed by atoms with van der Waals surface area (Å²) < 4.78 is 7.80. The lowest BCUT2D eigenvalue weighted by Gasteiger charge is -2.08. The lowest BCUT2D eigenvalue weighted by Crippen LogP contribution is -2.03. The van der Waals surface area contributed by atoms with Gasteiger partial charge in [-0.3, -0.25) is 4.79 Å². The Morgan fingerprint density at radius 3 is 2.73 bits per heavy atom. The number of hydrogen-bond acceptors (Lipinski definition) is 2. The molecule has 0 fully saturated rings. The van der Waals surface area contributed by atoms with E-state index in [2.05, 4.69) is 59.2 Å². The van der Waals surface area contributed by atoms with Crippen molar-refractivity contribution in [2.45, 2.75) is 12.8 Å².